The Hall–Kier alpha value is -1.31. The minimum absolute atomic E-state index is 0.500. The molecule has 0 spiro atoms. The summed E-state index contributed by atoms with van der Waals surface area (Å²) in [7, 11) is 2.06. The molecule has 3 unspecified atom stereocenters. The van der Waals surface area contributed by atoms with E-state index < -0.39 is 0 Å². The molecular weight excluding hydrogens is 266 g/mol. The van der Waals surface area contributed by atoms with E-state index in [0.29, 0.717) is 12.0 Å². The molecule has 1 fully saturated rings. The molecular formula is C18H20ClN. The molecule has 3 atom stereocenters. The second kappa shape index (κ2) is 5.99. The first kappa shape index (κ1) is 13.7. The molecule has 0 bridgehead atoms. The third-order valence-electron chi connectivity index (χ3n) is 4.35. The Morgan fingerprint density at radius 3 is 2.50 bits per heavy atom. The quantitative estimate of drug-likeness (QED) is 0.865. The fourth-order valence-electron chi connectivity index (χ4n) is 3.11. The Kier molecular flexibility index (Phi) is 4.09. The highest BCUT2D eigenvalue weighted by Crippen LogP contribution is 2.50. The van der Waals surface area contributed by atoms with Crippen molar-refractivity contribution in [3.05, 3.63) is 70.7 Å². The Morgan fingerprint density at radius 2 is 1.80 bits per heavy atom. The van der Waals surface area contributed by atoms with Crippen molar-refractivity contribution in [3.8, 4) is 0 Å². The molecule has 2 aromatic rings. The SMILES string of the molecule is CNC(Cc1ccccc1Cl)C1CC1c1ccccc1. The van der Waals surface area contributed by atoms with Gasteiger partial charge in [0.25, 0.3) is 0 Å². The lowest BCUT2D eigenvalue weighted by Gasteiger charge is -2.17. The fourth-order valence-corrected chi connectivity index (χ4v) is 3.32. The van der Waals surface area contributed by atoms with Gasteiger partial charge in [-0.15, -0.1) is 0 Å². The standard InChI is InChI=1S/C18H20ClN/c1-20-18(11-14-9-5-6-10-17(14)19)16-12-15(16)13-7-3-2-4-8-13/h2-10,15-16,18,20H,11-12H2,1H3. The zero-order chi connectivity index (χ0) is 13.9. The second-order valence-electron chi connectivity index (χ2n) is 5.61. The topological polar surface area (TPSA) is 12.0 Å². The van der Waals surface area contributed by atoms with Gasteiger partial charge in [0.15, 0.2) is 0 Å². The number of likely N-dealkylation sites (N-methyl/N-ethyl adjacent to an activating group) is 1. The van der Waals surface area contributed by atoms with Gasteiger partial charge in [0, 0.05) is 11.1 Å². The van der Waals surface area contributed by atoms with E-state index in [9.17, 15) is 0 Å². The van der Waals surface area contributed by atoms with Gasteiger partial charge < -0.3 is 5.32 Å². The van der Waals surface area contributed by atoms with Crippen LogP contribution in [0.4, 0.5) is 0 Å². The van der Waals surface area contributed by atoms with Crippen LogP contribution in [-0.2, 0) is 6.42 Å². The van der Waals surface area contributed by atoms with Crippen LogP contribution in [0.3, 0.4) is 0 Å². The van der Waals surface area contributed by atoms with E-state index >= 15 is 0 Å². The van der Waals surface area contributed by atoms with Crippen molar-refractivity contribution in [2.24, 2.45) is 5.92 Å². The number of nitrogens with one attached hydrogen (secondary N) is 1. The van der Waals surface area contributed by atoms with Gasteiger partial charge >= 0.3 is 0 Å². The summed E-state index contributed by atoms with van der Waals surface area (Å²) in [6.07, 6.45) is 2.28. The van der Waals surface area contributed by atoms with Crippen LogP contribution in [0, 0.1) is 5.92 Å². The smallest absolute Gasteiger partial charge is 0.0438 e. The third kappa shape index (κ3) is 2.89. The molecule has 1 saturated carbocycles. The molecule has 1 nitrogen and oxygen atoms in total. The summed E-state index contributed by atoms with van der Waals surface area (Å²) in [4.78, 5) is 0. The van der Waals surface area contributed by atoms with Crippen molar-refractivity contribution in [1.82, 2.24) is 5.32 Å². The van der Waals surface area contributed by atoms with Crippen molar-refractivity contribution in [2.75, 3.05) is 7.05 Å². The highest BCUT2D eigenvalue weighted by molar-refractivity contribution is 6.31. The summed E-state index contributed by atoms with van der Waals surface area (Å²) >= 11 is 6.28. The third-order valence-corrected chi connectivity index (χ3v) is 4.72. The van der Waals surface area contributed by atoms with E-state index in [1.165, 1.54) is 17.5 Å². The van der Waals surface area contributed by atoms with E-state index in [4.69, 9.17) is 11.6 Å². The highest BCUT2D eigenvalue weighted by atomic mass is 35.5. The molecule has 0 saturated heterocycles. The maximum Gasteiger partial charge on any atom is 0.0438 e. The average Bonchev–Trinajstić information content (AvgIpc) is 3.28. The van der Waals surface area contributed by atoms with Crippen LogP contribution in [0.2, 0.25) is 5.02 Å². The van der Waals surface area contributed by atoms with Crippen LogP contribution in [0.15, 0.2) is 54.6 Å². The minimum Gasteiger partial charge on any atom is -0.316 e. The predicted octanol–water partition coefficient (Wildman–Crippen LogP) is 4.27. The molecule has 0 aromatic heterocycles. The maximum absolute atomic E-state index is 6.28. The van der Waals surface area contributed by atoms with E-state index in [-0.39, 0.29) is 0 Å². The maximum atomic E-state index is 6.28. The zero-order valence-corrected chi connectivity index (χ0v) is 12.5. The van der Waals surface area contributed by atoms with Crippen molar-refractivity contribution >= 4 is 11.6 Å². The molecule has 20 heavy (non-hydrogen) atoms. The molecule has 1 N–H and O–H groups in total. The van der Waals surface area contributed by atoms with Crippen LogP contribution in [0.1, 0.15) is 23.5 Å². The molecule has 2 aromatic carbocycles. The number of halogens is 1. The molecule has 3 rings (SSSR count). The van der Waals surface area contributed by atoms with Gasteiger partial charge in [0.05, 0.1) is 0 Å². The zero-order valence-electron chi connectivity index (χ0n) is 11.7. The summed E-state index contributed by atoms with van der Waals surface area (Å²) in [6.45, 7) is 0. The van der Waals surface area contributed by atoms with Crippen molar-refractivity contribution in [2.45, 2.75) is 24.8 Å². The van der Waals surface area contributed by atoms with E-state index in [1.807, 2.05) is 12.1 Å². The van der Waals surface area contributed by atoms with Crippen LogP contribution in [0.5, 0.6) is 0 Å². The van der Waals surface area contributed by atoms with Crippen LogP contribution in [0.25, 0.3) is 0 Å². The van der Waals surface area contributed by atoms with Gasteiger partial charge in [-0.05, 0) is 48.9 Å². The largest absolute Gasteiger partial charge is 0.316 e. The Bertz CT molecular complexity index is 567. The van der Waals surface area contributed by atoms with Gasteiger partial charge in [0.1, 0.15) is 0 Å². The first-order valence-electron chi connectivity index (χ1n) is 7.25. The van der Waals surface area contributed by atoms with E-state index in [1.54, 1.807) is 0 Å². The summed E-state index contributed by atoms with van der Waals surface area (Å²) in [5, 5.41) is 4.36. The van der Waals surface area contributed by atoms with Gasteiger partial charge in [-0.1, -0.05) is 60.1 Å². The van der Waals surface area contributed by atoms with Crippen molar-refractivity contribution in [3.63, 3.8) is 0 Å². The number of hydrogen-bond donors (Lipinski definition) is 1. The summed E-state index contributed by atoms with van der Waals surface area (Å²) in [5.41, 5.74) is 2.71. The lowest BCUT2D eigenvalue weighted by Crippen LogP contribution is -2.30. The average molecular weight is 286 g/mol. The van der Waals surface area contributed by atoms with E-state index in [2.05, 4.69) is 54.8 Å². The molecule has 1 aliphatic rings. The molecule has 0 heterocycles. The van der Waals surface area contributed by atoms with Gasteiger partial charge in [-0.2, -0.15) is 0 Å². The van der Waals surface area contributed by atoms with Crippen molar-refractivity contribution < 1.29 is 0 Å². The summed E-state index contributed by atoms with van der Waals surface area (Å²) < 4.78 is 0. The number of hydrogen-bond acceptors (Lipinski definition) is 1. The lowest BCUT2D eigenvalue weighted by molar-refractivity contribution is 0.491. The molecule has 0 amide bonds. The Labute approximate surface area is 126 Å². The first-order valence-corrected chi connectivity index (χ1v) is 7.63. The van der Waals surface area contributed by atoms with E-state index in [0.717, 1.165) is 17.4 Å². The molecule has 104 valence electrons. The second-order valence-corrected chi connectivity index (χ2v) is 6.01. The first-order chi connectivity index (χ1) is 9.79. The van der Waals surface area contributed by atoms with Crippen molar-refractivity contribution in [1.29, 1.82) is 0 Å². The van der Waals surface area contributed by atoms with Crippen LogP contribution in [-0.4, -0.2) is 13.1 Å². The van der Waals surface area contributed by atoms with Crippen LogP contribution >= 0.6 is 11.6 Å². The van der Waals surface area contributed by atoms with Gasteiger partial charge in [0.2, 0.25) is 0 Å². The number of rotatable bonds is 5. The van der Waals surface area contributed by atoms with Gasteiger partial charge in [-0.25, -0.2) is 0 Å². The normalized spacial score (nSPS) is 22.5. The molecule has 0 aliphatic heterocycles. The predicted molar refractivity (Wildman–Crippen MR) is 85.3 cm³/mol. The fraction of sp³-hybridized carbons (Fsp3) is 0.333. The number of benzene rings is 2. The summed E-state index contributed by atoms with van der Waals surface area (Å²) in [6, 6.07) is 19.5. The summed E-state index contributed by atoms with van der Waals surface area (Å²) in [5.74, 6) is 1.43. The lowest BCUT2D eigenvalue weighted by atomic mass is 9.99. The highest BCUT2D eigenvalue weighted by Gasteiger charge is 2.43. The Morgan fingerprint density at radius 1 is 1.10 bits per heavy atom. The monoisotopic (exact) mass is 285 g/mol. The minimum atomic E-state index is 0.500. The molecule has 1 aliphatic carbocycles. The molecule has 0 radical (unpaired) electrons. The molecule has 2 heteroatoms. The van der Waals surface area contributed by atoms with Crippen LogP contribution < -0.4 is 5.32 Å². The Balaban J connectivity index is 1.69. The van der Waals surface area contributed by atoms with Gasteiger partial charge in [-0.3, -0.25) is 0 Å².